The molecular weight excluding hydrogens is 366 g/mol. The molecule has 2 aromatic heterocycles. The summed E-state index contributed by atoms with van der Waals surface area (Å²) in [5, 5.41) is 4.22. The molecule has 1 N–H and O–H groups in total. The molecule has 7 heteroatoms. The molecule has 1 unspecified atom stereocenters. The van der Waals surface area contributed by atoms with Gasteiger partial charge in [0.1, 0.15) is 5.75 Å². The summed E-state index contributed by atoms with van der Waals surface area (Å²) in [6.07, 6.45) is 2.49. The number of H-pyrrole nitrogens is 1. The average molecular weight is 387 g/mol. The van der Waals surface area contributed by atoms with E-state index < -0.39 is 0 Å². The van der Waals surface area contributed by atoms with Crippen LogP contribution in [-0.4, -0.2) is 32.1 Å². The summed E-state index contributed by atoms with van der Waals surface area (Å²) in [7, 11) is 1.65. The van der Waals surface area contributed by atoms with Crippen LogP contribution in [0, 0.1) is 0 Å². The lowest BCUT2D eigenvalue weighted by Crippen LogP contribution is -2.34. The number of methoxy groups -OCH3 is 1. The van der Waals surface area contributed by atoms with E-state index in [2.05, 4.69) is 44.3 Å². The molecule has 3 heterocycles. The SMILES string of the molecule is COc1ccc(-c2noc(C3Cc4nc[nH]c4CN3Cc3ccccc3)n2)cc1. The van der Waals surface area contributed by atoms with Crippen LogP contribution in [0.1, 0.15) is 28.9 Å². The van der Waals surface area contributed by atoms with Gasteiger partial charge in [0.25, 0.3) is 0 Å². The smallest absolute Gasteiger partial charge is 0.244 e. The van der Waals surface area contributed by atoms with Gasteiger partial charge >= 0.3 is 0 Å². The van der Waals surface area contributed by atoms with Gasteiger partial charge in [-0.1, -0.05) is 35.5 Å². The Kier molecular flexibility index (Phi) is 4.57. The van der Waals surface area contributed by atoms with E-state index in [4.69, 9.17) is 14.2 Å². The van der Waals surface area contributed by atoms with E-state index in [0.29, 0.717) is 11.7 Å². The molecule has 4 aromatic rings. The fourth-order valence-corrected chi connectivity index (χ4v) is 3.74. The maximum Gasteiger partial charge on any atom is 0.244 e. The summed E-state index contributed by atoms with van der Waals surface area (Å²) in [6, 6.07) is 18.0. The minimum absolute atomic E-state index is 0.0227. The second-order valence-corrected chi connectivity index (χ2v) is 7.12. The van der Waals surface area contributed by atoms with Crippen LogP contribution in [0.2, 0.25) is 0 Å². The number of hydrogen-bond acceptors (Lipinski definition) is 6. The zero-order chi connectivity index (χ0) is 19.6. The first-order valence-electron chi connectivity index (χ1n) is 9.57. The lowest BCUT2D eigenvalue weighted by Gasteiger charge is -2.32. The zero-order valence-electron chi connectivity index (χ0n) is 16.1. The molecule has 0 bridgehead atoms. The summed E-state index contributed by atoms with van der Waals surface area (Å²) in [6.45, 7) is 1.55. The van der Waals surface area contributed by atoms with E-state index in [1.807, 2.05) is 30.3 Å². The van der Waals surface area contributed by atoms with E-state index in [1.54, 1.807) is 13.4 Å². The molecule has 1 aliphatic heterocycles. The molecule has 0 saturated carbocycles. The first kappa shape index (κ1) is 17.6. The van der Waals surface area contributed by atoms with Crippen molar-refractivity contribution >= 4 is 0 Å². The maximum atomic E-state index is 5.70. The second kappa shape index (κ2) is 7.52. The summed E-state index contributed by atoms with van der Waals surface area (Å²) in [5.74, 6) is 1.99. The van der Waals surface area contributed by atoms with Gasteiger partial charge in [-0.25, -0.2) is 4.98 Å². The van der Waals surface area contributed by atoms with E-state index in [9.17, 15) is 0 Å². The van der Waals surface area contributed by atoms with Crippen molar-refractivity contribution in [3.05, 3.63) is 83.8 Å². The third-order valence-electron chi connectivity index (χ3n) is 5.30. The van der Waals surface area contributed by atoms with Gasteiger partial charge in [-0.3, -0.25) is 4.90 Å². The zero-order valence-corrected chi connectivity index (χ0v) is 16.1. The van der Waals surface area contributed by atoms with Crippen molar-refractivity contribution in [3.8, 4) is 17.1 Å². The Bertz CT molecular complexity index is 1090. The summed E-state index contributed by atoms with van der Waals surface area (Å²) < 4.78 is 10.9. The molecule has 29 heavy (non-hydrogen) atoms. The molecule has 146 valence electrons. The van der Waals surface area contributed by atoms with E-state index in [1.165, 1.54) is 5.56 Å². The van der Waals surface area contributed by atoms with E-state index in [0.717, 1.165) is 42.2 Å². The molecule has 0 radical (unpaired) electrons. The molecule has 1 aliphatic rings. The Hall–Kier alpha value is -3.45. The first-order valence-corrected chi connectivity index (χ1v) is 9.57. The average Bonchev–Trinajstić information content (AvgIpc) is 3.43. The third-order valence-corrected chi connectivity index (χ3v) is 5.30. The number of aromatic nitrogens is 4. The van der Waals surface area contributed by atoms with Crippen molar-refractivity contribution in [2.45, 2.75) is 25.6 Å². The van der Waals surface area contributed by atoms with Crippen LogP contribution >= 0.6 is 0 Å². The van der Waals surface area contributed by atoms with Gasteiger partial charge in [-0.05, 0) is 29.8 Å². The summed E-state index contributed by atoms with van der Waals surface area (Å²) in [5.41, 5.74) is 4.35. The normalized spacial score (nSPS) is 16.5. The lowest BCUT2D eigenvalue weighted by molar-refractivity contribution is 0.128. The van der Waals surface area contributed by atoms with Crippen molar-refractivity contribution in [1.29, 1.82) is 0 Å². The van der Waals surface area contributed by atoms with Gasteiger partial charge < -0.3 is 14.2 Å². The Labute approximate surface area is 168 Å². The molecule has 2 aromatic carbocycles. The van der Waals surface area contributed by atoms with Crippen LogP contribution in [0.25, 0.3) is 11.4 Å². The number of imidazole rings is 1. The summed E-state index contributed by atoms with van der Waals surface area (Å²) >= 11 is 0. The van der Waals surface area contributed by atoms with Crippen molar-refractivity contribution < 1.29 is 9.26 Å². The van der Waals surface area contributed by atoms with Crippen LogP contribution in [0.15, 0.2) is 65.4 Å². The predicted molar refractivity (Wildman–Crippen MR) is 107 cm³/mol. The van der Waals surface area contributed by atoms with Gasteiger partial charge in [0.2, 0.25) is 11.7 Å². The van der Waals surface area contributed by atoms with Gasteiger partial charge in [0.15, 0.2) is 0 Å². The Morgan fingerprint density at radius 1 is 1.14 bits per heavy atom. The number of nitrogens with one attached hydrogen (secondary N) is 1. The fraction of sp³-hybridized carbons (Fsp3) is 0.227. The van der Waals surface area contributed by atoms with Gasteiger partial charge in [-0.2, -0.15) is 4.98 Å². The molecule has 0 spiro atoms. The number of hydrogen-bond donors (Lipinski definition) is 1. The fourth-order valence-electron chi connectivity index (χ4n) is 3.74. The number of aromatic amines is 1. The number of rotatable bonds is 5. The maximum absolute atomic E-state index is 5.70. The van der Waals surface area contributed by atoms with E-state index >= 15 is 0 Å². The summed E-state index contributed by atoms with van der Waals surface area (Å²) in [4.78, 5) is 14.8. The van der Waals surface area contributed by atoms with Crippen LogP contribution in [0.3, 0.4) is 0 Å². The number of benzene rings is 2. The molecule has 0 fully saturated rings. The number of ether oxygens (including phenoxy) is 1. The van der Waals surface area contributed by atoms with Gasteiger partial charge in [0, 0.05) is 25.1 Å². The Morgan fingerprint density at radius 3 is 2.76 bits per heavy atom. The van der Waals surface area contributed by atoms with Crippen LogP contribution in [0.5, 0.6) is 5.75 Å². The second-order valence-electron chi connectivity index (χ2n) is 7.12. The molecule has 1 atom stereocenters. The van der Waals surface area contributed by atoms with Crippen molar-refractivity contribution in [1.82, 2.24) is 25.0 Å². The number of fused-ring (bicyclic) bond motifs is 1. The topological polar surface area (TPSA) is 80.1 Å². The molecule has 5 rings (SSSR count). The van der Waals surface area contributed by atoms with Gasteiger partial charge in [0.05, 0.1) is 30.9 Å². The van der Waals surface area contributed by atoms with E-state index in [-0.39, 0.29) is 6.04 Å². The highest BCUT2D eigenvalue weighted by Gasteiger charge is 2.33. The van der Waals surface area contributed by atoms with Crippen LogP contribution in [0.4, 0.5) is 0 Å². The third kappa shape index (κ3) is 3.52. The minimum atomic E-state index is -0.0227. The highest BCUT2D eigenvalue weighted by atomic mass is 16.5. The Balaban J connectivity index is 1.44. The minimum Gasteiger partial charge on any atom is -0.497 e. The quantitative estimate of drug-likeness (QED) is 0.562. The molecule has 0 saturated heterocycles. The molecular formula is C22H21N5O2. The van der Waals surface area contributed by atoms with Crippen molar-refractivity contribution in [3.63, 3.8) is 0 Å². The first-order chi connectivity index (χ1) is 14.3. The predicted octanol–water partition coefficient (Wildman–Crippen LogP) is 3.77. The standard InChI is InChI=1S/C22H21N5O2/c1-28-17-9-7-16(8-10-17)21-25-22(29-26-21)20-11-18-19(24-14-23-18)13-27(20)12-15-5-3-2-4-6-15/h2-10,14,20H,11-13H2,1H3,(H,23,24). The molecule has 7 nitrogen and oxygen atoms in total. The highest BCUT2D eigenvalue weighted by Crippen LogP contribution is 2.33. The lowest BCUT2D eigenvalue weighted by atomic mass is 10.0. The number of nitrogens with zero attached hydrogens (tertiary/aromatic N) is 4. The van der Waals surface area contributed by atoms with Crippen LogP contribution < -0.4 is 4.74 Å². The van der Waals surface area contributed by atoms with Crippen molar-refractivity contribution in [2.75, 3.05) is 7.11 Å². The Morgan fingerprint density at radius 2 is 1.97 bits per heavy atom. The molecule has 0 amide bonds. The highest BCUT2D eigenvalue weighted by molar-refractivity contribution is 5.55. The van der Waals surface area contributed by atoms with Crippen molar-refractivity contribution in [2.24, 2.45) is 0 Å². The van der Waals surface area contributed by atoms with Crippen LogP contribution in [-0.2, 0) is 19.5 Å². The van der Waals surface area contributed by atoms with Gasteiger partial charge in [-0.15, -0.1) is 0 Å². The largest absolute Gasteiger partial charge is 0.497 e. The molecule has 0 aliphatic carbocycles. The monoisotopic (exact) mass is 387 g/mol.